The van der Waals surface area contributed by atoms with Crippen LogP contribution < -0.4 is 0 Å². The van der Waals surface area contributed by atoms with E-state index in [1.54, 1.807) is 29.6 Å². The van der Waals surface area contributed by atoms with Gasteiger partial charge in [0.1, 0.15) is 5.69 Å². The average Bonchev–Trinajstić information content (AvgIpc) is 3.15. The van der Waals surface area contributed by atoms with Crippen molar-refractivity contribution in [1.82, 2.24) is 15.1 Å². The molecule has 2 N–H and O–H groups in total. The van der Waals surface area contributed by atoms with E-state index in [9.17, 15) is 9.90 Å². The first-order chi connectivity index (χ1) is 10.5. The summed E-state index contributed by atoms with van der Waals surface area (Å²) in [7, 11) is 0. The van der Waals surface area contributed by atoms with Gasteiger partial charge in [0.15, 0.2) is 0 Å². The van der Waals surface area contributed by atoms with Crippen LogP contribution in [0.5, 0.6) is 0 Å². The quantitative estimate of drug-likeness (QED) is 0.891. The van der Waals surface area contributed by atoms with Gasteiger partial charge < -0.3 is 19.2 Å². The second kappa shape index (κ2) is 5.58. The first kappa shape index (κ1) is 14.8. The molecule has 0 bridgehead atoms. The number of H-pyrrole nitrogens is 1. The van der Waals surface area contributed by atoms with E-state index in [0.29, 0.717) is 24.5 Å². The zero-order valence-electron chi connectivity index (χ0n) is 12.6. The summed E-state index contributed by atoms with van der Waals surface area (Å²) >= 11 is 0. The Morgan fingerprint density at radius 2 is 2.41 bits per heavy atom. The lowest BCUT2D eigenvalue weighted by Crippen LogP contribution is -2.55. The number of aliphatic hydroxyl groups excluding tert-OH is 1. The van der Waals surface area contributed by atoms with Crippen LogP contribution in [0, 0.1) is 0 Å². The predicted molar refractivity (Wildman–Crippen MR) is 78.2 cm³/mol. The van der Waals surface area contributed by atoms with Crippen molar-refractivity contribution < 1.29 is 19.1 Å². The first-order valence-corrected chi connectivity index (χ1v) is 7.14. The van der Waals surface area contributed by atoms with Crippen LogP contribution in [0.25, 0.3) is 11.3 Å². The van der Waals surface area contributed by atoms with E-state index in [1.165, 1.54) is 0 Å². The molecule has 3 rings (SSSR count). The van der Waals surface area contributed by atoms with E-state index < -0.39 is 5.60 Å². The third-order valence-corrected chi connectivity index (χ3v) is 3.60. The average molecular weight is 305 g/mol. The number of rotatable bonds is 3. The van der Waals surface area contributed by atoms with E-state index in [1.807, 2.05) is 13.8 Å². The number of aromatic amines is 1. The molecule has 22 heavy (non-hydrogen) atoms. The summed E-state index contributed by atoms with van der Waals surface area (Å²) in [5.41, 5.74) is 1.38. The molecule has 0 radical (unpaired) electrons. The van der Waals surface area contributed by atoms with Gasteiger partial charge in [0.05, 0.1) is 36.5 Å². The Labute approximate surface area is 127 Å². The molecule has 3 heterocycles. The molecule has 118 valence electrons. The van der Waals surface area contributed by atoms with E-state index in [-0.39, 0.29) is 18.6 Å². The molecule has 1 fully saturated rings. The van der Waals surface area contributed by atoms with Gasteiger partial charge in [0.2, 0.25) is 0 Å². The highest BCUT2D eigenvalue weighted by molar-refractivity contribution is 5.93. The van der Waals surface area contributed by atoms with E-state index >= 15 is 0 Å². The summed E-state index contributed by atoms with van der Waals surface area (Å²) in [5.74, 6) is -0.155. The van der Waals surface area contributed by atoms with Crippen molar-refractivity contribution in [3.63, 3.8) is 0 Å². The minimum absolute atomic E-state index is 0.115. The van der Waals surface area contributed by atoms with Gasteiger partial charge in [-0.2, -0.15) is 5.10 Å². The molecule has 1 saturated heterocycles. The number of aromatic nitrogens is 2. The summed E-state index contributed by atoms with van der Waals surface area (Å²) in [6.45, 7) is 4.51. The van der Waals surface area contributed by atoms with E-state index in [2.05, 4.69) is 10.2 Å². The highest BCUT2D eigenvalue weighted by Gasteiger charge is 2.36. The largest absolute Gasteiger partial charge is 0.472 e. The topological polar surface area (TPSA) is 91.6 Å². The maximum Gasteiger partial charge on any atom is 0.272 e. The number of amides is 1. The summed E-state index contributed by atoms with van der Waals surface area (Å²) in [5, 5.41) is 16.2. The fourth-order valence-corrected chi connectivity index (χ4v) is 2.71. The van der Waals surface area contributed by atoms with Crippen LogP contribution >= 0.6 is 0 Å². The molecule has 1 unspecified atom stereocenters. The third-order valence-electron chi connectivity index (χ3n) is 3.60. The van der Waals surface area contributed by atoms with Gasteiger partial charge >= 0.3 is 0 Å². The minimum Gasteiger partial charge on any atom is -0.472 e. The van der Waals surface area contributed by atoms with Crippen LogP contribution in [-0.4, -0.2) is 57.5 Å². The zero-order chi connectivity index (χ0) is 15.7. The molecule has 1 aliphatic rings. The highest BCUT2D eigenvalue weighted by atomic mass is 16.5. The van der Waals surface area contributed by atoms with Gasteiger partial charge in [0, 0.05) is 18.7 Å². The molecule has 0 saturated carbocycles. The number of hydrogen-bond acceptors (Lipinski definition) is 5. The molecule has 7 heteroatoms. The van der Waals surface area contributed by atoms with Crippen LogP contribution in [0.4, 0.5) is 0 Å². The van der Waals surface area contributed by atoms with Crippen LogP contribution in [0.3, 0.4) is 0 Å². The minimum atomic E-state index is -0.491. The van der Waals surface area contributed by atoms with Gasteiger partial charge in [0.25, 0.3) is 5.91 Å². The predicted octanol–water partition coefficient (Wildman–Crippen LogP) is 1.28. The van der Waals surface area contributed by atoms with Gasteiger partial charge in [-0.05, 0) is 26.0 Å². The second-order valence-corrected chi connectivity index (χ2v) is 6.05. The maximum absolute atomic E-state index is 12.6. The summed E-state index contributed by atoms with van der Waals surface area (Å²) in [6.07, 6.45) is 2.76. The smallest absolute Gasteiger partial charge is 0.272 e. The molecule has 1 aliphatic heterocycles. The maximum atomic E-state index is 12.6. The Kier molecular flexibility index (Phi) is 3.76. The van der Waals surface area contributed by atoms with Crippen LogP contribution in [0.15, 0.2) is 29.1 Å². The first-order valence-electron chi connectivity index (χ1n) is 7.14. The Morgan fingerprint density at radius 1 is 1.59 bits per heavy atom. The molecule has 7 nitrogen and oxygen atoms in total. The number of furan rings is 1. The Bertz CT molecular complexity index is 648. The second-order valence-electron chi connectivity index (χ2n) is 6.05. The van der Waals surface area contributed by atoms with Gasteiger partial charge in [-0.1, -0.05) is 0 Å². The van der Waals surface area contributed by atoms with E-state index in [0.717, 1.165) is 5.56 Å². The van der Waals surface area contributed by atoms with Crippen LogP contribution in [0.2, 0.25) is 0 Å². The van der Waals surface area contributed by atoms with Gasteiger partial charge in [-0.3, -0.25) is 9.89 Å². The molecule has 2 aromatic rings. The van der Waals surface area contributed by atoms with Gasteiger partial charge in [-0.15, -0.1) is 0 Å². The summed E-state index contributed by atoms with van der Waals surface area (Å²) < 4.78 is 10.7. The SMILES string of the molecule is CC1(C)CN(C(=O)c2cc(-c3ccoc3)n[nH]2)CC(CO)O1. The molecule has 2 aromatic heterocycles. The molecular weight excluding hydrogens is 286 g/mol. The monoisotopic (exact) mass is 305 g/mol. The molecule has 0 aromatic carbocycles. The van der Waals surface area contributed by atoms with Crippen molar-refractivity contribution in [1.29, 1.82) is 0 Å². The standard InChI is InChI=1S/C15H19N3O4/c1-15(2)9-18(6-11(7-19)22-15)14(20)13-5-12(16-17-13)10-3-4-21-8-10/h3-5,8,11,19H,6-7,9H2,1-2H3,(H,16,17). The van der Waals surface area contributed by atoms with Crippen molar-refractivity contribution >= 4 is 5.91 Å². The lowest BCUT2D eigenvalue weighted by Gasteiger charge is -2.42. The number of nitrogens with one attached hydrogen (secondary N) is 1. The number of morpholine rings is 1. The summed E-state index contributed by atoms with van der Waals surface area (Å²) in [4.78, 5) is 14.3. The number of ether oxygens (including phenoxy) is 1. The van der Waals surface area contributed by atoms with Crippen LogP contribution in [-0.2, 0) is 4.74 Å². The van der Waals surface area contributed by atoms with Gasteiger partial charge in [-0.25, -0.2) is 0 Å². The number of carbonyl (C=O) groups excluding carboxylic acids is 1. The normalized spacial score (nSPS) is 21.0. The fraction of sp³-hybridized carbons (Fsp3) is 0.467. The Morgan fingerprint density at radius 3 is 3.09 bits per heavy atom. The van der Waals surface area contributed by atoms with Crippen LogP contribution in [0.1, 0.15) is 24.3 Å². The lowest BCUT2D eigenvalue weighted by atomic mass is 10.0. The number of nitrogens with zero attached hydrogens (tertiary/aromatic N) is 2. The molecule has 0 aliphatic carbocycles. The Hall–Kier alpha value is -2.12. The van der Waals surface area contributed by atoms with Crippen molar-refractivity contribution in [3.05, 3.63) is 30.4 Å². The molecular formula is C15H19N3O4. The van der Waals surface area contributed by atoms with Crippen molar-refractivity contribution in [2.45, 2.75) is 25.6 Å². The molecule has 0 spiro atoms. The third kappa shape index (κ3) is 2.90. The molecule has 1 amide bonds. The number of hydrogen-bond donors (Lipinski definition) is 2. The highest BCUT2D eigenvalue weighted by Crippen LogP contribution is 2.23. The zero-order valence-corrected chi connectivity index (χ0v) is 12.6. The van der Waals surface area contributed by atoms with Crippen molar-refractivity contribution in [2.75, 3.05) is 19.7 Å². The van der Waals surface area contributed by atoms with Crippen molar-refractivity contribution in [2.24, 2.45) is 0 Å². The van der Waals surface area contributed by atoms with E-state index in [4.69, 9.17) is 9.15 Å². The van der Waals surface area contributed by atoms with Crippen molar-refractivity contribution in [3.8, 4) is 11.3 Å². The summed E-state index contributed by atoms with van der Waals surface area (Å²) in [6, 6.07) is 3.48. The number of aliphatic hydroxyl groups is 1. The number of carbonyl (C=O) groups is 1. The fourth-order valence-electron chi connectivity index (χ4n) is 2.71. The Balaban J connectivity index is 1.78. The molecule has 1 atom stereocenters. The lowest BCUT2D eigenvalue weighted by molar-refractivity contribution is -0.139.